The third-order valence-corrected chi connectivity index (χ3v) is 3.24. The predicted octanol–water partition coefficient (Wildman–Crippen LogP) is 2.58. The summed E-state index contributed by atoms with van der Waals surface area (Å²) in [6, 6.07) is 8.09. The fourth-order valence-electron chi connectivity index (χ4n) is 2.24. The van der Waals surface area contributed by atoms with E-state index in [2.05, 4.69) is 18.1 Å². The van der Waals surface area contributed by atoms with Crippen LogP contribution in [0.2, 0.25) is 0 Å². The van der Waals surface area contributed by atoms with Gasteiger partial charge in [0.25, 0.3) is 0 Å². The second-order valence-corrected chi connectivity index (χ2v) is 4.59. The summed E-state index contributed by atoms with van der Waals surface area (Å²) < 4.78 is 7.87. The minimum atomic E-state index is 0.596. The average Bonchev–Trinajstić information content (AvgIpc) is 2.67. The Labute approximate surface area is 114 Å². The van der Waals surface area contributed by atoms with Crippen molar-refractivity contribution in [1.29, 1.82) is 0 Å². The molecular formula is C15H21N3O. The molecule has 2 aromatic rings. The molecular weight excluding hydrogens is 238 g/mol. The molecule has 1 aromatic heterocycles. The van der Waals surface area contributed by atoms with Crippen LogP contribution in [0.5, 0.6) is 11.6 Å². The molecule has 4 nitrogen and oxygen atoms in total. The number of rotatable bonds is 5. The van der Waals surface area contributed by atoms with Crippen molar-refractivity contribution in [3.8, 4) is 11.6 Å². The van der Waals surface area contributed by atoms with E-state index >= 15 is 0 Å². The van der Waals surface area contributed by atoms with Crippen LogP contribution >= 0.6 is 0 Å². The third-order valence-electron chi connectivity index (χ3n) is 3.24. The maximum atomic E-state index is 6.08. The van der Waals surface area contributed by atoms with Gasteiger partial charge in [0.15, 0.2) is 0 Å². The van der Waals surface area contributed by atoms with Crippen LogP contribution in [0, 0.1) is 6.92 Å². The summed E-state index contributed by atoms with van der Waals surface area (Å²) in [6.07, 6.45) is 1.72. The van der Waals surface area contributed by atoms with E-state index in [0.717, 1.165) is 35.7 Å². The Balaban J connectivity index is 2.37. The number of para-hydroxylation sites is 1. The van der Waals surface area contributed by atoms with Crippen LogP contribution in [0.3, 0.4) is 0 Å². The standard InChI is InChI=1S/C15H21N3O/c1-4-12-7-5-6-8-14(12)19-15-13(9-10-16)11(2)17-18(15)3/h5-8H,4,9-10,16H2,1-3H3. The molecule has 0 saturated carbocycles. The monoisotopic (exact) mass is 259 g/mol. The van der Waals surface area contributed by atoms with Crippen molar-refractivity contribution in [2.45, 2.75) is 26.7 Å². The smallest absolute Gasteiger partial charge is 0.221 e. The van der Waals surface area contributed by atoms with E-state index in [1.165, 1.54) is 5.56 Å². The van der Waals surface area contributed by atoms with E-state index in [4.69, 9.17) is 10.5 Å². The van der Waals surface area contributed by atoms with Gasteiger partial charge in [-0.1, -0.05) is 25.1 Å². The Morgan fingerprint density at radius 3 is 2.74 bits per heavy atom. The Kier molecular flexibility index (Phi) is 4.22. The lowest BCUT2D eigenvalue weighted by Gasteiger charge is -2.11. The van der Waals surface area contributed by atoms with E-state index in [0.29, 0.717) is 6.54 Å². The van der Waals surface area contributed by atoms with Gasteiger partial charge in [0.05, 0.1) is 5.69 Å². The molecule has 0 aliphatic rings. The SMILES string of the molecule is CCc1ccccc1Oc1c(CCN)c(C)nn1C. The van der Waals surface area contributed by atoms with E-state index in [-0.39, 0.29) is 0 Å². The Hall–Kier alpha value is -1.81. The van der Waals surface area contributed by atoms with E-state index < -0.39 is 0 Å². The van der Waals surface area contributed by atoms with Gasteiger partial charge >= 0.3 is 0 Å². The molecule has 4 heteroatoms. The fraction of sp³-hybridized carbons (Fsp3) is 0.400. The van der Waals surface area contributed by atoms with Crippen molar-refractivity contribution >= 4 is 0 Å². The number of aromatic nitrogens is 2. The molecule has 0 aliphatic heterocycles. The highest BCUT2D eigenvalue weighted by Gasteiger charge is 2.15. The van der Waals surface area contributed by atoms with Crippen LogP contribution in [0.25, 0.3) is 0 Å². The number of aryl methyl sites for hydroxylation is 3. The summed E-state index contributed by atoms with van der Waals surface area (Å²) in [7, 11) is 1.90. The van der Waals surface area contributed by atoms with Gasteiger partial charge in [0.1, 0.15) is 5.75 Å². The van der Waals surface area contributed by atoms with E-state index in [1.54, 1.807) is 4.68 Å². The summed E-state index contributed by atoms with van der Waals surface area (Å²) in [5.41, 5.74) is 8.94. The first kappa shape index (κ1) is 13.6. The van der Waals surface area contributed by atoms with E-state index in [9.17, 15) is 0 Å². The van der Waals surface area contributed by atoms with Crippen molar-refractivity contribution < 1.29 is 4.74 Å². The molecule has 0 bridgehead atoms. The number of benzene rings is 1. The van der Waals surface area contributed by atoms with Crippen LogP contribution in [-0.4, -0.2) is 16.3 Å². The summed E-state index contributed by atoms with van der Waals surface area (Å²) in [5, 5.41) is 4.42. The van der Waals surface area contributed by atoms with Crippen molar-refractivity contribution in [2.75, 3.05) is 6.54 Å². The number of nitrogens with two attached hydrogens (primary N) is 1. The Morgan fingerprint density at radius 2 is 2.05 bits per heavy atom. The highest BCUT2D eigenvalue weighted by Crippen LogP contribution is 2.29. The lowest BCUT2D eigenvalue weighted by molar-refractivity contribution is 0.422. The zero-order chi connectivity index (χ0) is 13.8. The van der Waals surface area contributed by atoms with Gasteiger partial charge in [0, 0.05) is 12.6 Å². The highest BCUT2D eigenvalue weighted by molar-refractivity contribution is 5.40. The lowest BCUT2D eigenvalue weighted by Crippen LogP contribution is -2.05. The minimum Gasteiger partial charge on any atom is -0.439 e. The van der Waals surface area contributed by atoms with Gasteiger partial charge in [-0.15, -0.1) is 0 Å². The second kappa shape index (κ2) is 5.89. The maximum absolute atomic E-state index is 6.08. The topological polar surface area (TPSA) is 53.1 Å². The molecule has 2 N–H and O–H groups in total. The van der Waals surface area contributed by atoms with Gasteiger partial charge in [-0.25, -0.2) is 4.68 Å². The summed E-state index contributed by atoms with van der Waals surface area (Å²) in [5.74, 6) is 1.69. The first-order chi connectivity index (χ1) is 9.17. The summed E-state index contributed by atoms with van der Waals surface area (Å²) in [6.45, 7) is 4.71. The van der Waals surface area contributed by atoms with Crippen LogP contribution in [0.4, 0.5) is 0 Å². The molecule has 1 heterocycles. The molecule has 0 unspecified atom stereocenters. The maximum Gasteiger partial charge on any atom is 0.221 e. The molecule has 2 rings (SSSR count). The summed E-state index contributed by atoms with van der Waals surface area (Å²) in [4.78, 5) is 0. The van der Waals surface area contributed by atoms with Gasteiger partial charge in [-0.3, -0.25) is 0 Å². The summed E-state index contributed by atoms with van der Waals surface area (Å²) >= 11 is 0. The molecule has 0 aliphatic carbocycles. The van der Waals surface area contributed by atoms with Crippen LogP contribution < -0.4 is 10.5 Å². The Morgan fingerprint density at radius 1 is 1.32 bits per heavy atom. The van der Waals surface area contributed by atoms with Crippen molar-refractivity contribution in [3.63, 3.8) is 0 Å². The second-order valence-electron chi connectivity index (χ2n) is 4.59. The average molecular weight is 259 g/mol. The first-order valence-corrected chi connectivity index (χ1v) is 6.65. The largest absolute Gasteiger partial charge is 0.439 e. The fourth-order valence-corrected chi connectivity index (χ4v) is 2.24. The lowest BCUT2D eigenvalue weighted by atomic mass is 10.1. The van der Waals surface area contributed by atoms with Crippen LogP contribution in [0.15, 0.2) is 24.3 Å². The molecule has 0 radical (unpaired) electrons. The molecule has 0 spiro atoms. The van der Waals surface area contributed by atoms with Crippen molar-refractivity contribution in [3.05, 3.63) is 41.1 Å². The number of hydrogen-bond acceptors (Lipinski definition) is 3. The molecule has 0 fully saturated rings. The predicted molar refractivity (Wildman–Crippen MR) is 76.6 cm³/mol. The van der Waals surface area contributed by atoms with Gasteiger partial charge in [-0.2, -0.15) is 5.10 Å². The van der Waals surface area contributed by atoms with E-state index in [1.807, 2.05) is 32.2 Å². The molecule has 0 saturated heterocycles. The number of nitrogens with zero attached hydrogens (tertiary/aromatic N) is 2. The molecule has 0 atom stereocenters. The minimum absolute atomic E-state index is 0.596. The zero-order valence-corrected chi connectivity index (χ0v) is 11.8. The molecule has 19 heavy (non-hydrogen) atoms. The first-order valence-electron chi connectivity index (χ1n) is 6.65. The van der Waals surface area contributed by atoms with Gasteiger partial charge in [0.2, 0.25) is 5.88 Å². The van der Waals surface area contributed by atoms with Crippen LogP contribution in [-0.2, 0) is 19.9 Å². The third kappa shape index (κ3) is 2.79. The van der Waals surface area contributed by atoms with Crippen molar-refractivity contribution in [2.24, 2.45) is 12.8 Å². The van der Waals surface area contributed by atoms with Crippen LogP contribution in [0.1, 0.15) is 23.7 Å². The zero-order valence-electron chi connectivity index (χ0n) is 11.8. The van der Waals surface area contributed by atoms with Crippen molar-refractivity contribution in [1.82, 2.24) is 9.78 Å². The number of ether oxygens (including phenoxy) is 1. The number of hydrogen-bond donors (Lipinski definition) is 1. The van der Waals surface area contributed by atoms with Gasteiger partial charge < -0.3 is 10.5 Å². The molecule has 102 valence electrons. The Bertz CT molecular complexity index is 561. The van der Waals surface area contributed by atoms with Gasteiger partial charge in [-0.05, 0) is 37.9 Å². The molecule has 1 aromatic carbocycles. The highest BCUT2D eigenvalue weighted by atomic mass is 16.5. The molecule has 0 amide bonds. The quantitative estimate of drug-likeness (QED) is 0.898. The normalized spacial score (nSPS) is 10.7.